The number of nitrogens with two attached hydrogens (primary N) is 1. The van der Waals surface area contributed by atoms with Crippen LogP contribution in [-0.4, -0.2) is 26.0 Å². The smallest absolute Gasteiger partial charge is 0.246 e. The molecule has 0 saturated carbocycles. The van der Waals surface area contributed by atoms with Crippen molar-refractivity contribution in [2.75, 3.05) is 17.2 Å². The fourth-order valence-corrected chi connectivity index (χ4v) is 4.46. The topological polar surface area (TPSA) is 72.2 Å². The number of thioether (sulfide) groups is 1. The van der Waals surface area contributed by atoms with Crippen LogP contribution in [0, 0.1) is 11.6 Å². The Morgan fingerprint density at radius 2 is 1.74 bits per heavy atom. The van der Waals surface area contributed by atoms with Crippen molar-refractivity contribution in [2.45, 2.75) is 23.8 Å². The zero-order valence-electron chi connectivity index (χ0n) is 10.0. The molecule has 1 aromatic carbocycles. The lowest BCUT2D eigenvalue weighted by molar-refractivity contribution is 0.497. The Kier molecular flexibility index (Phi) is 4.32. The second-order valence-corrected chi connectivity index (χ2v) is 7.20. The van der Waals surface area contributed by atoms with Gasteiger partial charge in [0.25, 0.3) is 0 Å². The molecule has 1 heterocycles. The van der Waals surface area contributed by atoms with Gasteiger partial charge in [-0.3, -0.25) is 0 Å². The Hall–Kier alpha value is -0.860. The zero-order chi connectivity index (χ0) is 14.0. The van der Waals surface area contributed by atoms with Crippen LogP contribution in [-0.2, 0) is 10.0 Å². The second kappa shape index (κ2) is 5.64. The van der Waals surface area contributed by atoms with Gasteiger partial charge in [-0.15, -0.1) is 0 Å². The number of nitrogen functional groups attached to an aromatic ring is 1. The minimum atomic E-state index is -4.20. The number of rotatable bonds is 3. The molecule has 106 valence electrons. The number of hydrogen-bond acceptors (Lipinski definition) is 4. The molecule has 0 aromatic heterocycles. The third-order valence-corrected chi connectivity index (χ3v) is 5.45. The second-order valence-electron chi connectivity index (χ2n) is 4.32. The van der Waals surface area contributed by atoms with E-state index in [0.717, 1.165) is 23.6 Å². The van der Waals surface area contributed by atoms with Crippen LogP contribution in [0.25, 0.3) is 0 Å². The summed E-state index contributed by atoms with van der Waals surface area (Å²) in [6.07, 6.45) is 1.31. The molecule has 0 unspecified atom stereocenters. The van der Waals surface area contributed by atoms with E-state index in [2.05, 4.69) is 4.72 Å². The van der Waals surface area contributed by atoms with Gasteiger partial charge in [0.15, 0.2) is 4.90 Å². The maximum atomic E-state index is 13.6. The number of benzene rings is 1. The molecule has 1 saturated heterocycles. The largest absolute Gasteiger partial charge is 0.399 e. The molecule has 4 nitrogen and oxygen atoms in total. The van der Waals surface area contributed by atoms with Crippen molar-refractivity contribution < 1.29 is 17.2 Å². The van der Waals surface area contributed by atoms with Crippen molar-refractivity contribution in [3.05, 3.63) is 23.8 Å². The van der Waals surface area contributed by atoms with E-state index in [-0.39, 0.29) is 11.7 Å². The average Bonchev–Trinajstić information content (AvgIpc) is 2.27. The Bertz CT molecular complexity index is 549. The molecule has 0 bridgehead atoms. The number of hydrogen-bond donors (Lipinski definition) is 2. The van der Waals surface area contributed by atoms with Gasteiger partial charge >= 0.3 is 0 Å². The molecule has 1 aromatic rings. The minimum absolute atomic E-state index is 0.150. The first kappa shape index (κ1) is 14.5. The molecule has 0 atom stereocenters. The Morgan fingerprint density at radius 1 is 1.21 bits per heavy atom. The summed E-state index contributed by atoms with van der Waals surface area (Å²) in [4.78, 5) is -0.958. The van der Waals surface area contributed by atoms with Gasteiger partial charge in [0.1, 0.15) is 11.6 Å². The van der Waals surface area contributed by atoms with E-state index in [9.17, 15) is 17.2 Å². The molecule has 0 aliphatic carbocycles. The Labute approximate surface area is 114 Å². The van der Waals surface area contributed by atoms with Crippen LogP contribution in [0.3, 0.4) is 0 Å². The average molecular weight is 308 g/mol. The molecule has 3 N–H and O–H groups in total. The van der Waals surface area contributed by atoms with E-state index in [4.69, 9.17) is 5.73 Å². The predicted octanol–water partition coefficient (Wildman–Crippen LogP) is 1.72. The molecule has 1 fully saturated rings. The van der Waals surface area contributed by atoms with Gasteiger partial charge in [0.2, 0.25) is 10.0 Å². The van der Waals surface area contributed by atoms with Crippen LogP contribution in [0.4, 0.5) is 14.5 Å². The lowest BCUT2D eigenvalue weighted by atomic mass is 10.2. The summed E-state index contributed by atoms with van der Waals surface area (Å²) < 4.78 is 53.6. The normalized spacial score (nSPS) is 17.6. The molecular formula is C11H14F2N2O2S2. The van der Waals surface area contributed by atoms with Gasteiger partial charge in [0, 0.05) is 11.7 Å². The van der Waals surface area contributed by atoms with Crippen LogP contribution < -0.4 is 10.5 Å². The zero-order valence-corrected chi connectivity index (χ0v) is 11.7. The maximum Gasteiger partial charge on any atom is 0.246 e. The van der Waals surface area contributed by atoms with Crippen LogP contribution in [0.1, 0.15) is 12.8 Å². The van der Waals surface area contributed by atoms with Crippen molar-refractivity contribution in [3.63, 3.8) is 0 Å². The first-order valence-electron chi connectivity index (χ1n) is 5.75. The van der Waals surface area contributed by atoms with Gasteiger partial charge in [0.05, 0.1) is 0 Å². The summed E-state index contributed by atoms with van der Waals surface area (Å²) in [6, 6.07) is 1.32. The minimum Gasteiger partial charge on any atom is -0.399 e. The van der Waals surface area contributed by atoms with Crippen molar-refractivity contribution >= 4 is 27.5 Å². The fraction of sp³-hybridized carbons (Fsp3) is 0.455. The van der Waals surface area contributed by atoms with Gasteiger partial charge in [-0.1, -0.05) is 0 Å². The standard InChI is InChI=1S/C11H14F2N2O2S2/c12-9-5-7(14)6-10(13)11(9)19(16,17)15-8-1-3-18-4-2-8/h5-6,8,15H,1-4,14H2. The van der Waals surface area contributed by atoms with E-state index in [1.165, 1.54) is 0 Å². The third-order valence-electron chi connectivity index (χ3n) is 2.83. The quantitative estimate of drug-likeness (QED) is 0.834. The van der Waals surface area contributed by atoms with E-state index in [0.29, 0.717) is 12.8 Å². The molecule has 1 aliphatic rings. The van der Waals surface area contributed by atoms with Gasteiger partial charge in [-0.2, -0.15) is 11.8 Å². The van der Waals surface area contributed by atoms with E-state index >= 15 is 0 Å². The van der Waals surface area contributed by atoms with Crippen LogP contribution in [0.15, 0.2) is 17.0 Å². The van der Waals surface area contributed by atoms with Crippen molar-refractivity contribution in [3.8, 4) is 0 Å². The number of halogens is 2. The van der Waals surface area contributed by atoms with Gasteiger partial charge in [-0.25, -0.2) is 21.9 Å². The monoisotopic (exact) mass is 308 g/mol. The predicted molar refractivity (Wildman–Crippen MR) is 71.4 cm³/mol. The summed E-state index contributed by atoms with van der Waals surface area (Å²) in [7, 11) is -4.20. The van der Waals surface area contributed by atoms with Crippen LogP contribution in [0.5, 0.6) is 0 Å². The molecule has 19 heavy (non-hydrogen) atoms. The Morgan fingerprint density at radius 3 is 2.26 bits per heavy atom. The lowest BCUT2D eigenvalue weighted by Crippen LogP contribution is -2.38. The highest BCUT2D eigenvalue weighted by Gasteiger charge is 2.28. The molecule has 0 amide bonds. The lowest BCUT2D eigenvalue weighted by Gasteiger charge is -2.22. The first-order valence-corrected chi connectivity index (χ1v) is 8.38. The van der Waals surface area contributed by atoms with E-state index in [1.54, 1.807) is 11.8 Å². The van der Waals surface area contributed by atoms with Crippen LogP contribution in [0.2, 0.25) is 0 Å². The highest BCUT2D eigenvalue weighted by Crippen LogP contribution is 2.24. The van der Waals surface area contributed by atoms with Crippen molar-refractivity contribution in [1.29, 1.82) is 0 Å². The van der Waals surface area contributed by atoms with E-state index < -0.39 is 26.6 Å². The highest BCUT2D eigenvalue weighted by molar-refractivity contribution is 7.99. The third kappa shape index (κ3) is 3.37. The fourth-order valence-electron chi connectivity index (χ4n) is 1.93. The first-order chi connectivity index (χ1) is 8.90. The summed E-state index contributed by atoms with van der Waals surface area (Å²) in [6.45, 7) is 0. The van der Waals surface area contributed by atoms with Gasteiger partial charge in [-0.05, 0) is 36.5 Å². The molecule has 1 aliphatic heterocycles. The summed E-state index contributed by atoms with van der Waals surface area (Å²) in [5.41, 5.74) is 5.11. The molecule has 0 radical (unpaired) electrons. The van der Waals surface area contributed by atoms with Crippen molar-refractivity contribution in [1.82, 2.24) is 4.72 Å². The number of nitrogens with one attached hydrogen (secondary N) is 1. The van der Waals surface area contributed by atoms with E-state index in [1.807, 2.05) is 0 Å². The number of anilines is 1. The van der Waals surface area contributed by atoms with Crippen LogP contribution >= 0.6 is 11.8 Å². The summed E-state index contributed by atoms with van der Waals surface area (Å²) in [5, 5.41) is 0. The molecular weight excluding hydrogens is 294 g/mol. The molecule has 0 spiro atoms. The summed E-state index contributed by atoms with van der Waals surface area (Å²) in [5.74, 6) is -0.676. The molecule has 8 heteroatoms. The number of sulfonamides is 1. The SMILES string of the molecule is Nc1cc(F)c(S(=O)(=O)NC2CCSCC2)c(F)c1. The van der Waals surface area contributed by atoms with Gasteiger partial charge < -0.3 is 5.73 Å². The molecule has 2 rings (SSSR count). The van der Waals surface area contributed by atoms with Crippen molar-refractivity contribution in [2.24, 2.45) is 0 Å². The Balaban J connectivity index is 2.29. The highest BCUT2D eigenvalue weighted by atomic mass is 32.2. The maximum absolute atomic E-state index is 13.6. The summed E-state index contributed by atoms with van der Waals surface area (Å²) >= 11 is 1.73.